The minimum atomic E-state index is 0.209. The van der Waals surface area contributed by atoms with E-state index in [1.54, 1.807) is 0 Å². The molecule has 2 heterocycles. The molecular weight excluding hydrogens is 242 g/mol. The van der Waals surface area contributed by atoms with Crippen LogP contribution in [-0.2, 0) is 6.61 Å². The Hall–Kier alpha value is -1.88. The number of aryl methyl sites for hydroxylation is 1. The molecule has 19 heavy (non-hydrogen) atoms. The topological polar surface area (TPSA) is 60.2 Å². The number of nitrogens with zero attached hydrogens (tertiary/aromatic N) is 2. The van der Waals surface area contributed by atoms with Gasteiger partial charge >= 0.3 is 0 Å². The molecule has 1 saturated heterocycles. The molecule has 1 aliphatic heterocycles. The Bertz CT molecular complexity index is 530. The lowest BCUT2D eigenvalue weighted by Crippen LogP contribution is -2.12. The minimum Gasteiger partial charge on any atom is -0.484 e. The van der Waals surface area contributed by atoms with Crippen LogP contribution < -0.4 is 10.1 Å². The van der Waals surface area contributed by atoms with Crippen molar-refractivity contribution in [2.45, 2.75) is 32.4 Å². The maximum Gasteiger partial charge on any atom is 0.253 e. The summed E-state index contributed by atoms with van der Waals surface area (Å²) in [4.78, 5) is 0. The Labute approximate surface area is 112 Å². The Morgan fingerprint density at radius 3 is 2.89 bits per heavy atom. The number of ether oxygens (including phenoxy) is 1. The van der Waals surface area contributed by atoms with Crippen LogP contribution >= 0.6 is 0 Å². The van der Waals surface area contributed by atoms with Crippen molar-refractivity contribution in [3.05, 3.63) is 41.6 Å². The summed E-state index contributed by atoms with van der Waals surface area (Å²) in [5.41, 5.74) is 1.21. The summed E-state index contributed by atoms with van der Waals surface area (Å²) < 4.78 is 11.2. The highest BCUT2D eigenvalue weighted by atomic mass is 16.5. The molecule has 1 unspecified atom stereocenters. The lowest BCUT2D eigenvalue weighted by atomic mass is 10.2. The average molecular weight is 259 g/mol. The van der Waals surface area contributed by atoms with Crippen LogP contribution in [0, 0.1) is 6.92 Å². The van der Waals surface area contributed by atoms with Gasteiger partial charge in [-0.15, -0.1) is 10.2 Å². The van der Waals surface area contributed by atoms with Crippen LogP contribution in [-0.4, -0.2) is 16.7 Å². The molecule has 5 heteroatoms. The zero-order chi connectivity index (χ0) is 13.1. The first-order chi connectivity index (χ1) is 9.31. The van der Waals surface area contributed by atoms with E-state index in [4.69, 9.17) is 9.15 Å². The largest absolute Gasteiger partial charge is 0.484 e. The number of benzene rings is 1. The van der Waals surface area contributed by atoms with Crippen molar-refractivity contribution in [3.8, 4) is 5.75 Å². The summed E-state index contributed by atoms with van der Waals surface area (Å²) in [6.45, 7) is 3.37. The first-order valence-corrected chi connectivity index (χ1v) is 6.56. The lowest BCUT2D eigenvalue weighted by molar-refractivity contribution is 0.255. The van der Waals surface area contributed by atoms with Crippen LogP contribution in [0.3, 0.4) is 0 Å². The van der Waals surface area contributed by atoms with Crippen LogP contribution in [0.5, 0.6) is 5.75 Å². The maximum absolute atomic E-state index is 5.61. The Morgan fingerprint density at radius 2 is 2.16 bits per heavy atom. The quantitative estimate of drug-likeness (QED) is 0.913. The van der Waals surface area contributed by atoms with E-state index in [1.165, 1.54) is 5.56 Å². The van der Waals surface area contributed by atoms with E-state index in [-0.39, 0.29) is 6.04 Å². The normalized spacial score (nSPS) is 18.7. The second kappa shape index (κ2) is 5.40. The summed E-state index contributed by atoms with van der Waals surface area (Å²) in [5, 5.41) is 11.4. The van der Waals surface area contributed by atoms with Gasteiger partial charge in [-0.1, -0.05) is 17.7 Å². The molecule has 1 atom stereocenters. The molecule has 1 N–H and O–H groups in total. The zero-order valence-electron chi connectivity index (χ0n) is 10.9. The summed E-state index contributed by atoms with van der Waals surface area (Å²) in [6, 6.07) is 8.10. The summed E-state index contributed by atoms with van der Waals surface area (Å²) in [7, 11) is 0. The molecule has 0 saturated carbocycles. The van der Waals surface area contributed by atoms with E-state index in [0.717, 1.165) is 25.1 Å². The van der Waals surface area contributed by atoms with E-state index in [1.807, 2.05) is 31.2 Å². The lowest BCUT2D eigenvalue weighted by Gasteiger charge is -2.04. The molecule has 0 spiro atoms. The third-order valence-corrected chi connectivity index (χ3v) is 3.22. The molecule has 0 amide bonds. The number of aromatic nitrogens is 2. The number of hydrogen-bond donors (Lipinski definition) is 1. The SMILES string of the molecule is Cc1ccc(OCc2nnc(C3CCCN3)o2)cc1. The number of nitrogens with one attached hydrogen (secondary N) is 1. The zero-order valence-corrected chi connectivity index (χ0v) is 10.9. The first-order valence-electron chi connectivity index (χ1n) is 6.56. The number of rotatable bonds is 4. The van der Waals surface area contributed by atoms with Gasteiger partial charge in [0.15, 0.2) is 6.61 Å². The maximum atomic E-state index is 5.61. The van der Waals surface area contributed by atoms with Crippen LogP contribution in [0.25, 0.3) is 0 Å². The van der Waals surface area contributed by atoms with Gasteiger partial charge in [0.1, 0.15) is 5.75 Å². The Kier molecular flexibility index (Phi) is 3.46. The van der Waals surface area contributed by atoms with Crippen molar-refractivity contribution in [2.24, 2.45) is 0 Å². The highest BCUT2D eigenvalue weighted by Gasteiger charge is 2.22. The Morgan fingerprint density at radius 1 is 1.32 bits per heavy atom. The van der Waals surface area contributed by atoms with Crippen LogP contribution in [0.2, 0.25) is 0 Å². The van der Waals surface area contributed by atoms with Gasteiger partial charge in [0, 0.05) is 0 Å². The fourth-order valence-corrected chi connectivity index (χ4v) is 2.14. The van der Waals surface area contributed by atoms with E-state index in [2.05, 4.69) is 15.5 Å². The van der Waals surface area contributed by atoms with Gasteiger partial charge in [-0.2, -0.15) is 0 Å². The van der Waals surface area contributed by atoms with Gasteiger partial charge in [-0.25, -0.2) is 0 Å². The van der Waals surface area contributed by atoms with Gasteiger partial charge in [0.25, 0.3) is 5.89 Å². The first kappa shape index (κ1) is 12.2. The predicted octanol–water partition coefficient (Wildman–Crippen LogP) is 2.38. The molecule has 3 rings (SSSR count). The highest BCUT2D eigenvalue weighted by Crippen LogP contribution is 2.22. The standard InChI is InChI=1S/C14H17N3O2/c1-10-4-6-11(7-5-10)18-9-13-16-17-14(19-13)12-3-2-8-15-12/h4-7,12,15H,2-3,8-9H2,1H3. The van der Waals surface area contributed by atoms with Gasteiger partial charge in [0.05, 0.1) is 6.04 Å². The molecule has 0 aliphatic carbocycles. The van der Waals surface area contributed by atoms with E-state index in [9.17, 15) is 0 Å². The second-order valence-electron chi connectivity index (χ2n) is 4.78. The van der Waals surface area contributed by atoms with Gasteiger partial charge in [-0.3, -0.25) is 0 Å². The van der Waals surface area contributed by atoms with Crippen molar-refractivity contribution in [3.63, 3.8) is 0 Å². The smallest absolute Gasteiger partial charge is 0.253 e. The van der Waals surface area contributed by atoms with Crippen molar-refractivity contribution < 1.29 is 9.15 Å². The van der Waals surface area contributed by atoms with Crippen LogP contribution in [0.1, 0.15) is 36.2 Å². The molecule has 1 aliphatic rings. The number of hydrogen-bond acceptors (Lipinski definition) is 5. The third-order valence-electron chi connectivity index (χ3n) is 3.22. The van der Waals surface area contributed by atoms with E-state index < -0.39 is 0 Å². The van der Waals surface area contributed by atoms with E-state index >= 15 is 0 Å². The molecule has 0 bridgehead atoms. The highest BCUT2D eigenvalue weighted by molar-refractivity contribution is 5.26. The molecule has 1 aromatic carbocycles. The van der Waals surface area contributed by atoms with Crippen LogP contribution in [0.4, 0.5) is 0 Å². The summed E-state index contributed by atoms with van der Waals surface area (Å²) in [5.74, 6) is 1.99. The monoisotopic (exact) mass is 259 g/mol. The molecule has 5 nitrogen and oxygen atoms in total. The minimum absolute atomic E-state index is 0.209. The van der Waals surface area contributed by atoms with Crippen molar-refractivity contribution >= 4 is 0 Å². The van der Waals surface area contributed by atoms with Gasteiger partial charge < -0.3 is 14.5 Å². The average Bonchev–Trinajstić information content (AvgIpc) is 3.09. The van der Waals surface area contributed by atoms with Gasteiger partial charge in [0.2, 0.25) is 5.89 Å². The summed E-state index contributed by atoms with van der Waals surface area (Å²) in [6.07, 6.45) is 2.21. The molecule has 100 valence electrons. The molecular formula is C14H17N3O2. The Balaban J connectivity index is 1.59. The predicted molar refractivity (Wildman–Crippen MR) is 69.8 cm³/mol. The van der Waals surface area contributed by atoms with Crippen molar-refractivity contribution in [1.82, 2.24) is 15.5 Å². The van der Waals surface area contributed by atoms with Crippen molar-refractivity contribution in [2.75, 3.05) is 6.54 Å². The van der Waals surface area contributed by atoms with Crippen molar-refractivity contribution in [1.29, 1.82) is 0 Å². The van der Waals surface area contributed by atoms with Gasteiger partial charge in [-0.05, 0) is 38.4 Å². The molecule has 0 radical (unpaired) electrons. The van der Waals surface area contributed by atoms with E-state index in [0.29, 0.717) is 18.4 Å². The fraction of sp³-hybridized carbons (Fsp3) is 0.429. The second-order valence-corrected chi connectivity index (χ2v) is 4.78. The molecule has 1 aromatic heterocycles. The summed E-state index contributed by atoms with van der Waals surface area (Å²) >= 11 is 0. The third kappa shape index (κ3) is 2.93. The molecule has 2 aromatic rings. The molecule has 1 fully saturated rings. The fourth-order valence-electron chi connectivity index (χ4n) is 2.14. The van der Waals surface area contributed by atoms with Crippen LogP contribution in [0.15, 0.2) is 28.7 Å².